The fourth-order valence-electron chi connectivity index (χ4n) is 1.00. The summed E-state index contributed by atoms with van der Waals surface area (Å²) in [5.41, 5.74) is 0.914. The maximum atomic E-state index is 5.86. The van der Waals surface area contributed by atoms with Crippen molar-refractivity contribution in [2.45, 2.75) is 13.8 Å². The monoisotopic (exact) mass is 185 g/mol. The van der Waals surface area contributed by atoms with Crippen LogP contribution >= 0.6 is 11.6 Å². The summed E-state index contributed by atoms with van der Waals surface area (Å²) in [5, 5.41) is 7.10. The van der Waals surface area contributed by atoms with E-state index < -0.39 is 0 Å². The molecule has 0 atom stereocenters. The van der Waals surface area contributed by atoms with Gasteiger partial charge in [-0.3, -0.25) is 5.10 Å². The van der Waals surface area contributed by atoms with Crippen LogP contribution < -0.4 is 4.90 Å². The molecule has 1 rings (SSSR count). The van der Waals surface area contributed by atoms with E-state index in [2.05, 4.69) is 17.1 Å². The second-order valence-corrected chi connectivity index (χ2v) is 2.72. The van der Waals surface area contributed by atoms with E-state index in [-0.39, 0.29) is 0 Å². The number of H-pyrrole nitrogens is 1. The number of hydrogen-bond acceptors (Lipinski definition) is 2. The Morgan fingerprint density at radius 2 is 2.50 bits per heavy atom. The van der Waals surface area contributed by atoms with E-state index in [4.69, 9.17) is 11.6 Å². The molecule has 0 saturated heterocycles. The van der Waals surface area contributed by atoms with Gasteiger partial charge in [0.05, 0.1) is 11.9 Å². The summed E-state index contributed by atoms with van der Waals surface area (Å²) in [5.74, 6) is 0. The van der Waals surface area contributed by atoms with Crippen molar-refractivity contribution in [3.8, 4) is 0 Å². The average Bonchev–Trinajstić information content (AvgIpc) is 2.47. The summed E-state index contributed by atoms with van der Waals surface area (Å²) in [6, 6.07) is 0. The molecule has 1 N–H and O–H groups in total. The zero-order valence-corrected chi connectivity index (χ0v) is 7.97. The lowest BCUT2D eigenvalue weighted by Crippen LogP contribution is -2.14. The lowest BCUT2D eigenvalue weighted by atomic mass is 10.4. The quantitative estimate of drug-likeness (QED) is 0.785. The Bertz CT molecular complexity index is 267. The summed E-state index contributed by atoms with van der Waals surface area (Å²) in [4.78, 5) is 2.02. The molecule has 0 bridgehead atoms. The predicted molar refractivity (Wildman–Crippen MR) is 51.4 cm³/mol. The third kappa shape index (κ3) is 1.80. The molecule has 0 aliphatic rings. The van der Waals surface area contributed by atoms with E-state index in [1.165, 1.54) is 0 Å². The standard InChI is InChI=1S/C8H12ClN3/c1-3-5-12(4-2)7-6-10-11-8(7)9/h3,5-6H,4H2,1-2H3,(H,10,11). The first-order valence-corrected chi connectivity index (χ1v) is 4.25. The van der Waals surface area contributed by atoms with E-state index in [0.29, 0.717) is 5.15 Å². The van der Waals surface area contributed by atoms with Gasteiger partial charge in [0.2, 0.25) is 0 Å². The van der Waals surface area contributed by atoms with Gasteiger partial charge in [0.15, 0.2) is 0 Å². The number of rotatable bonds is 3. The minimum absolute atomic E-state index is 0.579. The highest BCUT2D eigenvalue weighted by Gasteiger charge is 2.06. The van der Waals surface area contributed by atoms with Gasteiger partial charge in [0.25, 0.3) is 0 Å². The first-order chi connectivity index (χ1) is 5.79. The summed E-state index contributed by atoms with van der Waals surface area (Å²) >= 11 is 5.86. The largest absolute Gasteiger partial charge is 0.345 e. The molecule has 0 amide bonds. The molecule has 0 radical (unpaired) electrons. The first-order valence-electron chi connectivity index (χ1n) is 3.88. The van der Waals surface area contributed by atoms with Gasteiger partial charge in [0.1, 0.15) is 5.15 Å². The molecule has 12 heavy (non-hydrogen) atoms. The summed E-state index contributed by atoms with van der Waals surface area (Å²) in [6.07, 6.45) is 5.65. The van der Waals surface area contributed by atoms with Crippen LogP contribution in [0.4, 0.5) is 5.69 Å². The van der Waals surface area contributed by atoms with Crippen LogP contribution in [0, 0.1) is 0 Å². The van der Waals surface area contributed by atoms with E-state index >= 15 is 0 Å². The number of nitrogens with one attached hydrogen (secondary N) is 1. The molecule has 0 aliphatic carbocycles. The number of aromatic nitrogens is 2. The lowest BCUT2D eigenvalue weighted by molar-refractivity contribution is 1.01. The number of hydrogen-bond donors (Lipinski definition) is 1. The molecular weight excluding hydrogens is 174 g/mol. The van der Waals surface area contributed by atoms with Gasteiger partial charge >= 0.3 is 0 Å². The Balaban J connectivity index is 2.86. The molecule has 0 aromatic carbocycles. The normalized spacial score (nSPS) is 10.9. The van der Waals surface area contributed by atoms with Crippen molar-refractivity contribution in [2.24, 2.45) is 0 Å². The van der Waals surface area contributed by atoms with Gasteiger partial charge in [-0.2, -0.15) is 5.10 Å². The van der Waals surface area contributed by atoms with Crippen LogP contribution in [0.25, 0.3) is 0 Å². The van der Waals surface area contributed by atoms with E-state index in [1.54, 1.807) is 6.20 Å². The molecule has 4 heteroatoms. The van der Waals surface area contributed by atoms with Crippen molar-refractivity contribution >= 4 is 17.3 Å². The summed E-state index contributed by atoms with van der Waals surface area (Å²) < 4.78 is 0. The second-order valence-electron chi connectivity index (χ2n) is 2.34. The molecule has 1 aromatic heterocycles. The smallest absolute Gasteiger partial charge is 0.148 e. The number of allylic oxidation sites excluding steroid dienone is 1. The first kappa shape index (κ1) is 9.13. The van der Waals surface area contributed by atoms with Crippen molar-refractivity contribution in [2.75, 3.05) is 11.4 Å². The Hall–Kier alpha value is -0.960. The summed E-state index contributed by atoms with van der Waals surface area (Å²) in [6.45, 7) is 4.91. The molecular formula is C8H12ClN3. The maximum Gasteiger partial charge on any atom is 0.148 e. The zero-order valence-electron chi connectivity index (χ0n) is 7.21. The van der Waals surface area contributed by atoms with Crippen molar-refractivity contribution in [1.82, 2.24) is 10.2 Å². The average molecular weight is 186 g/mol. The SMILES string of the molecule is CC=CN(CC)c1cn[nH]c1Cl. The van der Waals surface area contributed by atoms with Crippen LogP contribution in [0.3, 0.4) is 0 Å². The van der Waals surface area contributed by atoms with E-state index in [9.17, 15) is 0 Å². The third-order valence-electron chi connectivity index (χ3n) is 1.55. The minimum Gasteiger partial charge on any atom is -0.345 e. The van der Waals surface area contributed by atoms with Crippen molar-refractivity contribution in [3.05, 3.63) is 23.6 Å². The highest BCUT2D eigenvalue weighted by Crippen LogP contribution is 2.22. The molecule has 3 nitrogen and oxygen atoms in total. The Labute approximate surface area is 77.0 Å². The van der Waals surface area contributed by atoms with Gasteiger partial charge in [-0.05, 0) is 20.0 Å². The number of anilines is 1. The summed E-state index contributed by atoms with van der Waals surface area (Å²) in [7, 11) is 0. The van der Waals surface area contributed by atoms with Crippen LogP contribution in [-0.4, -0.2) is 16.7 Å². The second kappa shape index (κ2) is 4.16. The van der Waals surface area contributed by atoms with Crippen LogP contribution in [0.1, 0.15) is 13.8 Å². The Morgan fingerprint density at radius 1 is 1.75 bits per heavy atom. The van der Waals surface area contributed by atoms with Crippen LogP contribution in [0.2, 0.25) is 5.15 Å². The molecule has 0 spiro atoms. The highest BCUT2D eigenvalue weighted by molar-refractivity contribution is 6.32. The Morgan fingerprint density at radius 3 is 2.92 bits per heavy atom. The molecule has 0 fully saturated rings. The van der Waals surface area contributed by atoms with Gasteiger partial charge in [-0.1, -0.05) is 17.7 Å². The topological polar surface area (TPSA) is 31.9 Å². The molecule has 0 unspecified atom stereocenters. The van der Waals surface area contributed by atoms with Gasteiger partial charge in [-0.15, -0.1) is 0 Å². The molecule has 1 heterocycles. The van der Waals surface area contributed by atoms with Gasteiger partial charge < -0.3 is 4.90 Å². The van der Waals surface area contributed by atoms with Crippen LogP contribution in [-0.2, 0) is 0 Å². The third-order valence-corrected chi connectivity index (χ3v) is 1.83. The number of nitrogens with zero attached hydrogens (tertiary/aromatic N) is 2. The van der Waals surface area contributed by atoms with E-state index in [0.717, 1.165) is 12.2 Å². The molecule has 0 saturated carbocycles. The van der Waals surface area contributed by atoms with Crippen molar-refractivity contribution in [1.29, 1.82) is 0 Å². The van der Waals surface area contributed by atoms with Crippen LogP contribution in [0.5, 0.6) is 0 Å². The molecule has 1 aromatic rings. The number of halogens is 1. The Kier molecular flexibility index (Phi) is 3.17. The molecule has 66 valence electrons. The lowest BCUT2D eigenvalue weighted by Gasteiger charge is -2.15. The maximum absolute atomic E-state index is 5.86. The highest BCUT2D eigenvalue weighted by atomic mass is 35.5. The van der Waals surface area contributed by atoms with E-state index in [1.807, 2.05) is 24.1 Å². The predicted octanol–water partition coefficient (Wildman–Crippen LogP) is 2.42. The minimum atomic E-state index is 0.579. The van der Waals surface area contributed by atoms with Crippen LogP contribution in [0.15, 0.2) is 18.5 Å². The van der Waals surface area contributed by atoms with Gasteiger partial charge in [-0.25, -0.2) is 0 Å². The number of aromatic amines is 1. The van der Waals surface area contributed by atoms with Crippen molar-refractivity contribution in [3.63, 3.8) is 0 Å². The molecule has 0 aliphatic heterocycles. The van der Waals surface area contributed by atoms with Crippen molar-refractivity contribution < 1.29 is 0 Å². The fraction of sp³-hybridized carbons (Fsp3) is 0.375. The fourth-order valence-corrected chi connectivity index (χ4v) is 1.21. The van der Waals surface area contributed by atoms with Gasteiger partial charge in [0, 0.05) is 6.54 Å². The zero-order chi connectivity index (χ0) is 8.97.